The molecule has 1 saturated heterocycles. The van der Waals surface area contributed by atoms with E-state index in [2.05, 4.69) is 0 Å². The molecule has 7 nitrogen and oxygen atoms in total. The molecule has 7 heteroatoms. The minimum absolute atomic E-state index is 0.0916. The fourth-order valence-corrected chi connectivity index (χ4v) is 2.85. The highest BCUT2D eigenvalue weighted by Crippen LogP contribution is 2.29. The summed E-state index contributed by atoms with van der Waals surface area (Å²) >= 11 is 0. The summed E-state index contributed by atoms with van der Waals surface area (Å²) in [6.07, 6.45) is 0.744. The molecule has 0 saturated carbocycles. The second-order valence-electron chi connectivity index (χ2n) is 6.69. The lowest BCUT2D eigenvalue weighted by Crippen LogP contribution is -2.28. The molecule has 0 aliphatic carbocycles. The highest BCUT2D eigenvalue weighted by molar-refractivity contribution is 5.86. The van der Waals surface area contributed by atoms with Gasteiger partial charge in [0.1, 0.15) is 6.61 Å². The van der Waals surface area contributed by atoms with Crippen LogP contribution in [-0.4, -0.2) is 73.7 Å². The third-order valence-electron chi connectivity index (χ3n) is 4.34. The molecule has 0 radical (unpaired) electrons. The van der Waals surface area contributed by atoms with Crippen molar-refractivity contribution in [3.63, 3.8) is 0 Å². The van der Waals surface area contributed by atoms with Gasteiger partial charge in [0.05, 0.1) is 12.5 Å². The maximum atomic E-state index is 11.9. The van der Waals surface area contributed by atoms with Gasteiger partial charge in [-0.3, -0.25) is 9.59 Å². The van der Waals surface area contributed by atoms with E-state index in [1.807, 2.05) is 44.1 Å². The first-order valence-electron chi connectivity index (χ1n) is 8.94. The first-order chi connectivity index (χ1) is 12.4. The molecule has 1 aliphatic heterocycles. The number of amides is 1. The molecule has 1 aliphatic rings. The molecule has 1 aromatic rings. The number of carboxylic acids is 1. The smallest absolute Gasteiger partial charge is 0.308 e. The van der Waals surface area contributed by atoms with Crippen LogP contribution in [0.5, 0.6) is 11.5 Å². The molecule has 2 rings (SSSR count). The summed E-state index contributed by atoms with van der Waals surface area (Å²) in [6, 6.07) is 5.79. The summed E-state index contributed by atoms with van der Waals surface area (Å²) in [4.78, 5) is 26.6. The fraction of sp³-hybridized carbons (Fsp3) is 0.579. The Bertz CT molecular complexity index is 632. The number of carbonyl (C=O) groups excluding carboxylic acids is 1. The van der Waals surface area contributed by atoms with Gasteiger partial charge in [0.15, 0.2) is 11.5 Å². The number of benzene rings is 1. The summed E-state index contributed by atoms with van der Waals surface area (Å²) in [5.74, 6) is -0.181. The number of carboxylic acid groups (broad SMARTS) is 1. The van der Waals surface area contributed by atoms with Gasteiger partial charge in [-0.25, -0.2) is 0 Å². The standard InChI is InChI=1S/C19H28N2O5/c1-4-25-17-11-14(5-6-16(17)26-10-9-20(2)3)7-8-21-13-15(19(23)24)12-18(21)22/h5-6,11,15H,4,7-10,12-13H2,1-3H3,(H,23,24). The number of rotatable bonds is 10. The predicted octanol–water partition coefficient (Wildman–Crippen LogP) is 1.50. The molecule has 0 bridgehead atoms. The van der Waals surface area contributed by atoms with E-state index in [0.29, 0.717) is 37.7 Å². The topological polar surface area (TPSA) is 79.3 Å². The number of aliphatic carboxylic acids is 1. The Hall–Kier alpha value is -2.28. The molecule has 0 spiro atoms. The monoisotopic (exact) mass is 364 g/mol. The molecule has 1 amide bonds. The Balaban J connectivity index is 1.96. The molecule has 144 valence electrons. The number of likely N-dealkylation sites (tertiary alicyclic amines) is 1. The van der Waals surface area contributed by atoms with Gasteiger partial charge in [0.25, 0.3) is 0 Å². The quantitative estimate of drug-likeness (QED) is 0.678. The van der Waals surface area contributed by atoms with Crippen molar-refractivity contribution in [3.05, 3.63) is 23.8 Å². The molecule has 1 N–H and O–H groups in total. The van der Waals surface area contributed by atoms with Crippen LogP contribution in [0.15, 0.2) is 18.2 Å². The van der Waals surface area contributed by atoms with Gasteiger partial charge in [0, 0.05) is 26.1 Å². The van der Waals surface area contributed by atoms with Gasteiger partial charge in [-0.1, -0.05) is 6.07 Å². The summed E-state index contributed by atoms with van der Waals surface area (Å²) in [5.41, 5.74) is 1.03. The lowest BCUT2D eigenvalue weighted by Gasteiger charge is -2.18. The molecule has 0 aromatic heterocycles. The largest absolute Gasteiger partial charge is 0.490 e. The van der Waals surface area contributed by atoms with E-state index in [1.165, 1.54) is 0 Å². The number of ether oxygens (including phenoxy) is 2. The van der Waals surface area contributed by atoms with Crippen LogP contribution < -0.4 is 9.47 Å². The van der Waals surface area contributed by atoms with Crippen LogP contribution in [0.25, 0.3) is 0 Å². The molecular weight excluding hydrogens is 336 g/mol. The maximum absolute atomic E-state index is 11.9. The second kappa shape index (κ2) is 9.43. The molecule has 1 aromatic carbocycles. The molecule has 1 fully saturated rings. The normalized spacial score (nSPS) is 17.0. The Morgan fingerprint density at radius 1 is 1.31 bits per heavy atom. The van der Waals surface area contributed by atoms with E-state index in [0.717, 1.165) is 12.1 Å². The Kier molecular flexibility index (Phi) is 7.26. The van der Waals surface area contributed by atoms with Crippen LogP contribution in [-0.2, 0) is 16.0 Å². The van der Waals surface area contributed by atoms with Crippen LogP contribution in [0.4, 0.5) is 0 Å². The maximum Gasteiger partial charge on any atom is 0.308 e. The van der Waals surface area contributed by atoms with Gasteiger partial charge in [-0.2, -0.15) is 0 Å². The Morgan fingerprint density at radius 2 is 2.08 bits per heavy atom. The van der Waals surface area contributed by atoms with E-state index in [9.17, 15) is 9.59 Å². The number of carbonyl (C=O) groups is 2. The first kappa shape index (κ1) is 20.0. The number of hydrogen-bond donors (Lipinski definition) is 1. The number of likely N-dealkylation sites (N-methyl/N-ethyl adjacent to an activating group) is 1. The zero-order chi connectivity index (χ0) is 19.1. The Labute approximate surface area is 154 Å². The van der Waals surface area contributed by atoms with E-state index >= 15 is 0 Å². The summed E-state index contributed by atoms with van der Waals surface area (Å²) in [5, 5.41) is 9.05. The van der Waals surface area contributed by atoms with E-state index in [4.69, 9.17) is 14.6 Å². The first-order valence-corrected chi connectivity index (χ1v) is 8.94. The van der Waals surface area contributed by atoms with Crippen molar-refractivity contribution in [1.29, 1.82) is 0 Å². The van der Waals surface area contributed by atoms with Gasteiger partial charge < -0.3 is 24.4 Å². The van der Waals surface area contributed by atoms with Crippen LogP contribution in [0.2, 0.25) is 0 Å². The molecule has 26 heavy (non-hydrogen) atoms. The van der Waals surface area contributed by atoms with Crippen molar-refractivity contribution >= 4 is 11.9 Å². The Morgan fingerprint density at radius 3 is 2.69 bits per heavy atom. The number of nitrogens with zero attached hydrogens (tertiary/aromatic N) is 2. The average molecular weight is 364 g/mol. The van der Waals surface area contributed by atoms with Crippen LogP contribution in [0, 0.1) is 5.92 Å². The third kappa shape index (κ3) is 5.62. The van der Waals surface area contributed by atoms with E-state index in [1.54, 1.807) is 4.90 Å². The molecule has 1 atom stereocenters. The minimum atomic E-state index is -0.904. The lowest BCUT2D eigenvalue weighted by molar-refractivity contribution is -0.141. The molecule has 1 heterocycles. The minimum Gasteiger partial charge on any atom is -0.490 e. The van der Waals surface area contributed by atoms with Crippen LogP contribution >= 0.6 is 0 Å². The van der Waals surface area contributed by atoms with Crippen molar-refractivity contribution in [3.8, 4) is 11.5 Å². The fourth-order valence-electron chi connectivity index (χ4n) is 2.85. The van der Waals surface area contributed by atoms with Crippen molar-refractivity contribution in [2.75, 3.05) is 46.9 Å². The van der Waals surface area contributed by atoms with Crippen molar-refractivity contribution in [2.45, 2.75) is 19.8 Å². The van der Waals surface area contributed by atoms with E-state index < -0.39 is 11.9 Å². The van der Waals surface area contributed by atoms with Crippen molar-refractivity contribution < 1.29 is 24.2 Å². The van der Waals surface area contributed by atoms with Crippen LogP contribution in [0.3, 0.4) is 0 Å². The zero-order valence-electron chi connectivity index (χ0n) is 15.7. The molecule has 1 unspecified atom stereocenters. The average Bonchev–Trinajstić information content (AvgIpc) is 2.96. The van der Waals surface area contributed by atoms with Gasteiger partial charge in [-0.05, 0) is 45.1 Å². The predicted molar refractivity (Wildman–Crippen MR) is 97.7 cm³/mol. The lowest BCUT2D eigenvalue weighted by atomic mass is 10.1. The zero-order valence-corrected chi connectivity index (χ0v) is 15.7. The SMILES string of the molecule is CCOc1cc(CCN2CC(C(=O)O)CC2=O)ccc1OCCN(C)C. The summed E-state index contributed by atoms with van der Waals surface area (Å²) < 4.78 is 11.5. The third-order valence-corrected chi connectivity index (χ3v) is 4.34. The highest BCUT2D eigenvalue weighted by atomic mass is 16.5. The van der Waals surface area contributed by atoms with E-state index in [-0.39, 0.29) is 18.9 Å². The highest BCUT2D eigenvalue weighted by Gasteiger charge is 2.33. The van der Waals surface area contributed by atoms with Crippen molar-refractivity contribution in [1.82, 2.24) is 9.80 Å². The summed E-state index contributed by atoms with van der Waals surface area (Å²) in [6.45, 7) is 4.65. The van der Waals surface area contributed by atoms with Gasteiger partial charge in [0.2, 0.25) is 5.91 Å². The van der Waals surface area contributed by atoms with Crippen molar-refractivity contribution in [2.24, 2.45) is 5.92 Å². The molecular formula is C19H28N2O5. The number of hydrogen-bond acceptors (Lipinski definition) is 5. The van der Waals surface area contributed by atoms with Crippen LogP contribution in [0.1, 0.15) is 18.9 Å². The van der Waals surface area contributed by atoms with Gasteiger partial charge in [-0.15, -0.1) is 0 Å². The summed E-state index contributed by atoms with van der Waals surface area (Å²) in [7, 11) is 3.98. The second-order valence-corrected chi connectivity index (χ2v) is 6.69. The van der Waals surface area contributed by atoms with Gasteiger partial charge >= 0.3 is 5.97 Å².